The average molecular weight is 308 g/mol. The van der Waals surface area contributed by atoms with Gasteiger partial charge in [0, 0.05) is 18.7 Å². The van der Waals surface area contributed by atoms with Gasteiger partial charge in [0.25, 0.3) is 0 Å². The highest BCUT2D eigenvalue weighted by Crippen LogP contribution is 2.29. The zero-order chi connectivity index (χ0) is 16.2. The van der Waals surface area contributed by atoms with Gasteiger partial charge in [-0.1, -0.05) is 48.5 Å². The van der Waals surface area contributed by atoms with Crippen LogP contribution in [0.15, 0.2) is 60.7 Å². The van der Waals surface area contributed by atoms with Crippen molar-refractivity contribution in [3.8, 4) is 0 Å². The van der Waals surface area contributed by atoms with Gasteiger partial charge in [-0.25, -0.2) is 0 Å². The number of nitrogens with one attached hydrogen (secondary N) is 1. The predicted molar refractivity (Wildman–Crippen MR) is 89.7 cm³/mol. The highest BCUT2D eigenvalue weighted by molar-refractivity contribution is 5.97. The molecule has 0 radical (unpaired) electrons. The number of carbonyl (C=O) groups is 2. The normalized spacial score (nSPS) is 18.7. The Morgan fingerprint density at radius 3 is 2.35 bits per heavy atom. The van der Waals surface area contributed by atoms with E-state index in [-0.39, 0.29) is 30.2 Å². The summed E-state index contributed by atoms with van der Waals surface area (Å²) in [7, 11) is 0. The highest BCUT2D eigenvalue weighted by Gasteiger charge is 2.36. The number of carbonyl (C=O) groups excluding carboxylic acids is 2. The van der Waals surface area contributed by atoms with Crippen LogP contribution in [0.3, 0.4) is 0 Å². The summed E-state index contributed by atoms with van der Waals surface area (Å²) >= 11 is 0. The number of rotatable bonds is 4. The zero-order valence-corrected chi connectivity index (χ0v) is 13.1. The molecular formula is C19H20N2O2. The maximum atomic E-state index is 12.4. The molecule has 2 aromatic rings. The summed E-state index contributed by atoms with van der Waals surface area (Å²) in [4.78, 5) is 26.5. The first kappa shape index (κ1) is 15.3. The molecular weight excluding hydrogens is 288 g/mol. The van der Waals surface area contributed by atoms with E-state index in [2.05, 4.69) is 5.32 Å². The first-order valence-corrected chi connectivity index (χ1v) is 7.85. The van der Waals surface area contributed by atoms with Crippen LogP contribution in [-0.4, -0.2) is 23.3 Å². The van der Waals surface area contributed by atoms with Crippen molar-refractivity contribution in [1.29, 1.82) is 0 Å². The molecule has 2 aromatic carbocycles. The first-order chi connectivity index (χ1) is 11.1. The molecule has 1 N–H and O–H groups in total. The van der Waals surface area contributed by atoms with Crippen molar-refractivity contribution >= 4 is 17.5 Å². The largest absolute Gasteiger partial charge is 0.335 e. The lowest BCUT2D eigenvalue weighted by Crippen LogP contribution is -2.30. The fraction of sp³-hybridized carbons (Fsp3) is 0.263. The maximum Gasteiger partial charge on any atom is 0.229 e. The molecule has 1 aliphatic heterocycles. The van der Waals surface area contributed by atoms with Crippen LogP contribution in [0.5, 0.6) is 0 Å². The number of hydrogen-bond donors (Lipinski definition) is 1. The first-order valence-electron chi connectivity index (χ1n) is 7.85. The van der Waals surface area contributed by atoms with Crippen LogP contribution >= 0.6 is 0 Å². The van der Waals surface area contributed by atoms with E-state index >= 15 is 0 Å². The molecule has 1 fully saturated rings. The highest BCUT2D eigenvalue weighted by atomic mass is 16.2. The Balaban J connectivity index is 1.66. The van der Waals surface area contributed by atoms with Crippen LogP contribution in [-0.2, 0) is 9.59 Å². The molecule has 1 heterocycles. The van der Waals surface area contributed by atoms with E-state index in [1.54, 1.807) is 4.90 Å². The third-order valence-corrected chi connectivity index (χ3v) is 4.32. The van der Waals surface area contributed by atoms with Gasteiger partial charge in [-0.2, -0.15) is 0 Å². The molecule has 2 amide bonds. The molecule has 118 valence electrons. The summed E-state index contributed by atoms with van der Waals surface area (Å²) in [6.45, 7) is 2.47. The van der Waals surface area contributed by atoms with Gasteiger partial charge in [0.05, 0.1) is 12.0 Å². The van der Waals surface area contributed by atoms with Gasteiger partial charge in [0.2, 0.25) is 11.8 Å². The predicted octanol–water partition coefficient (Wildman–Crippen LogP) is 3.23. The third kappa shape index (κ3) is 3.42. The van der Waals surface area contributed by atoms with Crippen molar-refractivity contribution < 1.29 is 9.59 Å². The summed E-state index contributed by atoms with van der Waals surface area (Å²) in [5.74, 6) is -0.351. The fourth-order valence-corrected chi connectivity index (χ4v) is 2.96. The van der Waals surface area contributed by atoms with Gasteiger partial charge in [-0.3, -0.25) is 9.59 Å². The van der Waals surface area contributed by atoms with Gasteiger partial charge in [0.1, 0.15) is 0 Å². The van der Waals surface area contributed by atoms with Gasteiger partial charge >= 0.3 is 0 Å². The topological polar surface area (TPSA) is 49.4 Å². The lowest BCUT2D eigenvalue weighted by Gasteiger charge is -2.25. The second kappa shape index (κ2) is 6.65. The van der Waals surface area contributed by atoms with E-state index in [9.17, 15) is 9.59 Å². The lowest BCUT2D eigenvalue weighted by atomic mass is 10.1. The number of benzene rings is 2. The Morgan fingerprint density at radius 1 is 1.09 bits per heavy atom. The average Bonchev–Trinajstić information content (AvgIpc) is 2.98. The number of hydrogen-bond acceptors (Lipinski definition) is 2. The molecule has 0 saturated carbocycles. The van der Waals surface area contributed by atoms with Crippen LogP contribution < -0.4 is 5.32 Å². The Hall–Kier alpha value is -2.62. The SMILES string of the molecule is C[C@H](c1ccccc1)N1C[C@@H](C(=O)Nc2ccccc2)CC1=O. The van der Waals surface area contributed by atoms with Crippen molar-refractivity contribution in [3.05, 3.63) is 66.2 Å². The van der Waals surface area contributed by atoms with Crippen molar-refractivity contribution in [2.24, 2.45) is 5.92 Å². The molecule has 3 rings (SSSR count). The molecule has 4 nitrogen and oxygen atoms in total. The second-order valence-electron chi connectivity index (χ2n) is 5.89. The van der Waals surface area contributed by atoms with E-state index in [0.29, 0.717) is 6.54 Å². The van der Waals surface area contributed by atoms with Crippen LogP contribution in [0.25, 0.3) is 0 Å². The van der Waals surface area contributed by atoms with Crippen molar-refractivity contribution in [2.75, 3.05) is 11.9 Å². The maximum absolute atomic E-state index is 12.4. The number of likely N-dealkylation sites (tertiary alicyclic amines) is 1. The summed E-state index contributed by atoms with van der Waals surface area (Å²) < 4.78 is 0. The molecule has 1 aliphatic rings. The Morgan fingerprint density at radius 2 is 1.70 bits per heavy atom. The van der Waals surface area contributed by atoms with Crippen LogP contribution in [0.2, 0.25) is 0 Å². The standard InChI is InChI=1S/C19H20N2O2/c1-14(15-8-4-2-5-9-15)21-13-16(12-18(21)22)19(23)20-17-10-6-3-7-11-17/h2-11,14,16H,12-13H2,1H3,(H,20,23)/t14-,16+/m1/s1. The molecule has 0 unspecified atom stereocenters. The van der Waals surface area contributed by atoms with E-state index in [0.717, 1.165) is 11.3 Å². The number of para-hydroxylation sites is 1. The van der Waals surface area contributed by atoms with Gasteiger partial charge in [-0.15, -0.1) is 0 Å². The summed E-state index contributed by atoms with van der Waals surface area (Å²) in [5, 5.41) is 2.89. The summed E-state index contributed by atoms with van der Waals surface area (Å²) in [6, 6.07) is 19.2. The van der Waals surface area contributed by atoms with E-state index in [1.165, 1.54) is 0 Å². The van der Waals surface area contributed by atoms with Crippen molar-refractivity contribution in [1.82, 2.24) is 4.90 Å². The summed E-state index contributed by atoms with van der Waals surface area (Å²) in [5.41, 5.74) is 1.85. The quantitative estimate of drug-likeness (QED) is 0.942. The molecule has 4 heteroatoms. The zero-order valence-electron chi connectivity index (χ0n) is 13.1. The number of anilines is 1. The smallest absolute Gasteiger partial charge is 0.229 e. The second-order valence-corrected chi connectivity index (χ2v) is 5.89. The van der Waals surface area contributed by atoms with Crippen molar-refractivity contribution in [3.63, 3.8) is 0 Å². The molecule has 0 aromatic heterocycles. The molecule has 1 saturated heterocycles. The van der Waals surface area contributed by atoms with E-state index in [4.69, 9.17) is 0 Å². The molecule has 0 bridgehead atoms. The van der Waals surface area contributed by atoms with Crippen LogP contribution in [0.4, 0.5) is 5.69 Å². The van der Waals surface area contributed by atoms with Crippen LogP contribution in [0.1, 0.15) is 24.9 Å². The summed E-state index contributed by atoms with van der Waals surface area (Å²) in [6.07, 6.45) is 0.274. The molecule has 23 heavy (non-hydrogen) atoms. The third-order valence-electron chi connectivity index (χ3n) is 4.32. The van der Waals surface area contributed by atoms with Gasteiger partial charge in [-0.05, 0) is 24.6 Å². The van der Waals surface area contributed by atoms with Crippen molar-refractivity contribution in [2.45, 2.75) is 19.4 Å². The Kier molecular flexibility index (Phi) is 4.42. The monoisotopic (exact) mass is 308 g/mol. The van der Waals surface area contributed by atoms with Gasteiger partial charge in [0.15, 0.2) is 0 Å². The number of nitrogens with zero attached hydrogens (tertiary/aromatic N) is 1. The lowest BCUT2D eigenvalue weighted by molar-refractivity contribution is -0.129. The number of amides is 2. The Labute approximate surface area is 136 Å². The minimum Gasteiger partial charge on any atom is -0.335 e. The fourth-order valence-electron chi connectivity index (χ4n) is 2.96. The molecule has 0 spiro atoms. The molecule has 0 aliphatic carbocycles. The van der Waals surface area contributed by atoms with E-state index in [1.807, 2.05) is 67.6 Å². The Bertz CT molecular complexity index is 685. The van der Waals surface area contributed by atoms with Gasteiger partial charge < -0.3 is 10.2 Å². The minimum atomic E-state index is -0.297. The van der Waals surface area contributed by atoms with E-state index < -0.39 is 0 Å². The molecule has 2 atom stereocenters. The minimum absolute atomic E-state index is 0.0155. The van der Waals surface area contributed by atoms with Crippen LogP contribution in [0, 0.1) is 5.92 Å².